The van der Waals surface area contributed by atoms with E-state index in [4.69, 9.17) is 11.6 Å². The van der Waals surface area contributed by atoms with Crippen LogP contribution in [0.3, 0.4) is 0 Å². The van der Waals surface area contributed by atoms with E-state index >= 15 is 0 Å². The summed E-state index contributed by atoms with van der Waals surface area (Å²) < 4.78 is 2.34. The molecule has 4 rings (SSSR count). The number of anilines is 1. The lowest BCUT2D eigenvalue weighted by Gasteiger charge is -2.14. The minimum atomic E-state index is -0.599. The number of rotatable bonds is 5. The van der Waals surface area contributed by atoms with Crippen LogP contribution < -0.4 is 16.6 Å². The van der Waals surface area contributed by atoms with Crippen molar-refractivity contribution in [1.29, 1.82) is 0 Å². The van der Waals surface area contributed by atoms with E-state index in [1.165, 1.54) is 10.8 Å². The predicted molar refractivity (Wildman–Crippen MR) is 121 cm³/mol. The number of aromatic nitrogens is 3. The fraction of sp³-hybridized carbons (Fsp3) is 0.130. The van der Waals surface area contributed by atoms with Crippen molar-refractivity contribution >= 4 is 34.2 Å². The SMILES string of the molecule is Cc1ccc(Cl)cc1NC(=O)Cn1c(=O)n(Cc2ccccc2)c(=O)c2cccnc21. The molecule has 0 fully saturated rings. The van der Waals surface area contributed by atoms with Crippen molar-refractivity contribution in [1.82, 2.24) is 14.1 Å². The second kappa shape index (κ2) is 8.57. The molecule has 0 atom stereocenters. The molecule has 4 aromatic rings. The third-order valence-electron chi connectivity index (χ3n) is 4.94. The third kappa shape index (κ3) is 4.27. The second-order valence-corrected chi connectivity index (χ2v) is 7.56. The van der Waals surface area contributed by atoms with Crippen LogP contribution in [0.15, 0.2) is 76.4 Å². The van der Waals surface area contributed by atoms with E-state index in [0.717, 1.165) is 15.7 Å². The summed E-state index contributed by atoms with van der Waals surface area (Å²) >= 11 is 6.02. The number of hydrogen-bond acceptors (Lipinski definition) is 4. The molecule has 2 aromatic heterocycles. The molecule has 0 unspecified atom stereocenters. The maximum absolute atomic E-state index is 13.2. The van der Waals surface area contributed by atoms with Gasteiger partial charge in [0, 0.05) is 16.9 Å². The number of halogens is 1. The molecule has 0 bridgehead atoms. The zero-order chi connectivity index (χ0) is 22.0. The Balaban J connectivity index is 1.76. The standard InChI is InChI=1S/C23H19ClN4O3/c1-15-9-10-17(24)12-19(15)26-20(29)14-27-21-18(8-5-11-25-21)22(30)28(23(27)31)13-16-6-3-2-4-7-16/h2-12H,13-14H2,1H3,(H,26,29). The zero-order valence-corrected chi connectivity index (χ0v) is 17.5. The Morgan fingerprint density at radius 1 is 1.03 bits per heavy atom. The van der Waals surface area contributed by atoms with E-state index in [1.807, 2.05) is 37.3 Å². The number of benzene rings is 2. The number of pyridine rings is 1. The van der Waals surface area contributed by atoms with Crippen LogP contribution in [-0.2, 0) is 17.9 Å². The smallest absolute Gasteiger partial charge is 0.324 e. The minimum absolute atomic E-state index is 0.0956. The Hall–Kier alpha value is -3.71. The van der Waals surface area contributed by atoms with E-state index in [1.54, 1.807) is 30.3 Å². The van der Waals surface area contributed by atoms with Crippen molar-refractivity contribution in [2.75, 3.05) is 5.32 Å². The Bertz CT molecular complexity index is 1390. The maximum Gasteiger partial charge on any atom is 0.333 e. The molecule has 2 heterocycles. The molecule has 0 aliphatic heterocycles. The van der Waals surface area contributed by atoms with Gasteiger partial charge in [-0.15, -0.1) is 0 Å². The molecular weight excluding hydrogens is 416 g/mol. The highest BCUT2D eigenvalue weighted by atomic mass is 35.5. The first-order valence-corrected chi connectivity index (χ1v) is 10.00. The van der Waals surface area contributed by atoms with E-state index in [-0.39, 0.29) is 24.1 Å². The molecule has 7 nitrogen and oxygen atoms in total. The Kier molecular flexibility index (Phi) is 5.68. The number of carbonyl (C=O) groups is 1. The van der Waals surface area contributed by atoms with E-state index in [2.05, 4.69) is 10.3 Å². The molecule has 0 radical (unpaired) electrons. The fourth-order valence-electron chi connectivity index (χ4n) is 3.36. The third-order valence-corrected chi connectivity index (χ3v) is 5.17. The first-order valence-electron chi connectivity index (χ1n) is 9.62. The molecule has 8 heteroatoms. The highest BCUT2D eigenvalue weighted by molar-refractivity contribution is 6.31. The summed E-state index contributed by atoms with van der Waals surface area (Å²) in [7, 11) is 0. The van der Waals surface area contributed by atoms with Gasteiger partial charge >= 0.3 is 5.69 Å². The number of carbonyl (C=O) groups excluding carboxylic acids is 1. The van der Waals surface area contributed by atoms with Gasteiger partial charge in [-0.25, -0.2) is 9.78 Å². The Morgan fingerprint density at radius 3 is 2.58 bits per heavy atom. The number of hydrogen-bond donors (Lipinski definition) is 1. The molecule has 0 spiro atoms. The van der Waals surface area contributed by atoms with Crippen molar-refractivity contribution in [3.63, 3.8) is 0 Å². The molecule has 0 aliphatic carbocycles. The first kappa shape index (κ1) is 20.6. The first-order chi connectivity index (χ1) is 14.9. The zero-order valence-electron chi connectivity index (χ0n) is 16.7. The Morgan fingerprint density at radius 2 is 1.81 bits per heavy atom. The molecular formula is C23H19ClN4O3. The lowest BCUT2D eigenvalue weighted by atomic mass is 10.2. The van der Waals surface area contributed by atoms with Gasteiger partial charge in [0.2, 0.25) is 5.91 Å². The van der Waals surface area contributed by atoms with Crippen molar-refractivity contribution in [2.45, 2.75) is 20.0 Å². The van der Waals surface area contributed by atoms with Crippen LogP contribution in [0.4, 0.5) is 5.69 Å². The van der Waals surface area contributed by atoms with Crippen LogP contribution in [0, 0.1) is 6.92 Å². The van der Waals surface area contributed by atoms with E-state index in [0.29, 0.717) is 10.7 Å². The molecule has 0 saturated heterocycles. The van der Waals surface area contributed by atoms with Crippen molar-refractivity contribution in [3.05, 3.63) is 104 Å². The molecule has 156 valence electrons. The molecule has 0 aliphatic rings. The van der Waals surface area contributed by atoms with Crippen LogP contribution in [-0.4, -0.2) is 20.0 Å². The van der Waals surface area contributed by atoms with Gasteiger partial charge in [-0.2, -0.15) is 0 Å². The summed E-state index contributed by atoms with van der Waals surface area (Å²) in [5.41, 5.74) is 1.31. The quantitative estimate of drug-likeness (QED) is 0.522. The second-order valence-electron chi connectivity index (χ2n) is 7.13. The van der Waals surface area contributed by atoms with Gasteiger partial charge in [0.25, 0.3) is 5.56 Å². The monoisotopic (exact) mass is 434 g/mol. The van der Waals surface area contributed by atoms with Crippen molar-refractivity contribution < 1.29 is 4.79 Å². The average Bonchev–Trinajstić information content (AvgIpc) is 2.77. The summed E-state index contributed by atoms with van der Waals surface area (Å²) in [6.07, 6.45) is 1.48. The van der Waals surface area contributed by atoms with Crippen LogP contribution in [0.25, 0.3) is 11.0 Å². The molecule has 0 saturated carbocycles. The van der Waals surface area contributed by atoms with Crippen LogP contribution in [0.1, 0.15) is 11.1 Å². The number of aryl methyl sites for hydroxylation is 1. The normalized spacial score (nSPS) is 10.9. The number of nitrogens with one attached hydrogen (secondary N) is 1. The Labute approximate surface area is 182 Å². The van der Waals surface area contributed by atoms with Crippen LogP contribution in [0.5, 0.6) is 0 Å². The largest absolute Gasteiger partial charge is 0.333 e. The topological polar surface area (TPSA) is 86.0 Å². The molecule has 1 amide bonds. The van der Waals surface area contributed by atoms with E-state index in [9.17, 15) is 14.4 Å². The summed E-state index contributed by atoms with van der Waals surface area (Å²) in [6.45, 7) is 1.64. The summed E-state index contributed by atoms with van der Waals surface area (Å²) in [5.74, 6) is -0.427. The fourth-order valence-corrected chi connectivity index (χ4v) is 3.53. The van der Waals surface area contributed by atoms with Gasteiger partial charge in [0.15, 0.2) is 0 Å². The number of amides is 1. The average molecular weight is 435 g/mol. The lowest BCUT2D eigenvalue weighted by Crippen LogP contribution is -2.42. The van der Waals surface area contributed by atoms with Gasteiger partial charge in [-0.3, -0.25) is 18.7 Å². The predicted octanol–water partition coefficient (Wildman–Crippen LogP) is 3.21. The van der Waals surface area contributed by atoms with Gasteiger partial charge in [-0.05, 0) is 42.3 Å². The number of nitrogens with zero attached hydrogens (tertiary/aromatic N) is 3. The summed E-state index contributed by atoms with van der Waals surface area (Å²) in [5, 5.41) is 3.53. The minimum Gasteiger partial charge on any atom is -0.324 e. The highest BCUT2D eigenvalue weighted by Crippen LogP contribution is 2.20. The van der Waals surface area contributed by atoms with E-state index < -0.39 is 17.2 Å². The van der Waals surface area contributed by atoms with Gasteiger partial charge in [-0.1, -0.05) is 48.0 Å². The van der Waals surface area contributed by atoms with Gasteiger partial charge < -0.3 is 5.32 Å². The maximum atomic E-state index is 13.2. The number of fused-ring (bicyclic) bond motifs is 1. The van der Waals surface area contributed by atoms with Gasteiger partial charge in [0.1, 0.15) is 12.2 Å². The van der Waals surface area contributed by atoms with Crippen LogP contribution in [0.2, 0.25) is 5.02 Å². The molecule has 1 N–H and O–H groups in total. The highest BCUT2D eigenvalue weighted by Gasteiger charge is 2.17. The van der Waals surface area contributed by atoms with Gasteiger partial charge in [0.05, 0.1) is 11.9 Å². The van der Waals surface area contributed by atoms with Crippen LogP contribution >= 0.6 is 11.6 Å². The van der Waals surface area contributed by atoms with Crippen molar-refractivity contribution in [3.8, 4) is 0 Å². The summed E-state index contributed by atoms with van der Waals surface area (Å²) in [6, 6.07) is 17.6. The lowest BCUT2D eigenvalue weighted by molar-refractivity contribution is -0.116. The molecule has 31 heavy (non-hydrogen) atoms. The summed E-state index contributed by atoms with van der Waals surface area (Å²) in [4.78, 5) is 43.1. The van der Waals surface area contributed by atoms with Crippen molar-refractivity contribution in [2.24, 2.45) is 0 Å². The molecule has 2 aromatic carbocycles.